The van der Waals surface area contributed by atoms with Crippen LogP contribution in [0.1, 0.15) is 25.8 Å². The largest absolute Gasteiger partial charge is 0.330 e. The molecular formula is C11H15BrClN. The van der Waals surface area contributed by atoms with Crippen LogP contribution in [-0.4, -0.2) is 6.54 Å². The van der Waals surface area contributed by atoms with Crippen LogP contribution >= 0.6 is 27.5 Å². The van der Waals surface area contributed by atoms with Gasteiger partial charge in [-0.1, -0.05) is 47.4 Å². The summed E-state index contributed by atoms with van der Waals surface area (Å²) >= 11 is 9.42. The zero-order chi connectivity index (χ0) is 10.8. The van der Waals surface area contributed by atoms with Gasteiger partial charge in [0.1, 0.15) is 0 Å². The molecule has 0 saturated heterocycles. The van der Waals surface area contributed by atoms with Gasteiger partial charge in [-0.05, 0) is 36.1 Å². The Kier molecular flexibility index (Phi) is 3.99. The summed E-state index contributed by atoms with van der Waals surface area (Å²) in [5, 5.41) is 0.754. The van der Waals surface area contributed by atoms with Crippen molar-refractivity contribution in [2.75, 3.05) is 6.54 Å². The Hall–Kier alpha value is -0.0500. The zero-order valence-electron chi connectivity index (χ0n) is 8.48. The second-order valence-electron chi connectivity index (χ2n) is 4.05. The van der Waals surface area contributed by atoms with E-state index in [2.05, 4.69) is 35.8 Å². The molecule has 3 heteroatoms. The van der Waals surface area contributed by atoms with Gasteiger partial charge in [-0.15, -0.1) is 0 Å². The fourth-order valence-electron chi connectivity index (χ4n) is 1.53. The number of rotatable bonds is 3. The van der Waals surface area contributed by atoms with E-state index in [0.29, 0.717) is 6.54 Å². The van der Waals surface area contributed by atoms with E-state index >= 15 is 0 Å². The Balaban J connectivity index is 3.06. The minimum Gasteiger partial charge on any atom is -0.330 e. The summed E-state index contributed by atoms with van der Waals surface area (Å²) in [6, 6.07) is 5.90. The third-order valence-electron chi connectivity index (χ3n) is 2.43. The van der Waals surface area contributed by atoms with Gasteiger partial charge < -0.3 is 5.73 Å². The Bertz CT molecular complexity index is 323. The van der Waals surface area contributed by atoms with Gasteiger partial charge >= 0.3 is 0 Å². The lowest BCUT2D eigenvalue weighted by Crippen LogP contribution is -2.22. The van der Waals surface area contributed by atoms with Crippen LogP contribution in [0.5, 0.6) is 0 Å². The minimum absolute atomic E-state index is 0.0954. The highest BCUT2D eigenvalue weighted by molar-refractivity contribution is 9.10. The summed E-state index contributed by atoms with van der Waals surface area (Å²) in [4.78, 5) is 0. The number of hydrogen-bond donors (Lipinski definition) is 1. The first-order valence-electron chi connectivity index (χ1n) is 4.63. The van der Waals surface area contributed by atoms with Gasteiger partial charge in [0.15, 0.2) is 0 Å². The Morgan fingerprint density at radius 3 is 2.57 bits per heavy atom. The van der Waals surface area contributed by atoms with Crippen molar-refractivity contribution in [2.24, 2.45) is 5.73 Å². The molecule has 1 rings (SSSR count). The first-order chi connectivity index (χ1) is 6.47. The first kappa shape index (κ1) is 12.0. The molecule has 0 bridgehead atoms. The standard InChI is InChI=1S/C11H15BrClN/c1-11(2,5-6-14)9-4-3-8(13)7-10(9)12/h3-4,7H,5-6,14H2,1-2H3. The Labute approximate surface area is 98.8 Å². The van der Waals surface area contributed by atoms with E-state index in [1.54, 1.807) is 0 Å². The van der Waals surface area contributed by atoms with Gasteiger partial charge in [-0.2, -0.15) is 0 Å². The lowest BCUT2D eigenvalue weighted by molar-refractivity contribution is 0.485. The summed E-state index contributed by atoms with van der Waals surface area (Å²) in [6.45, 7) is 5.07. The van der Waals surface area contributed by atoms with Crippen molar-refractivity contribution in [2.45, 2.75) is 25.7 Å². The molecule has 1 aromatic carbocycles. The average molecular weight is 277 g/mol. The molecule has 0 aliphatic heterocycles. The van der Waals surface area contributed by atoms with Gasteiger partial charge in [-0.25, -0.2) is 0 Å². The van der Waals surface area contributed by atoms with Crippen molar-refractivity contribution >= 4 is 27.5 Å². The molecule has 78 valence electrons. The van der Waals surface area contributed by atoms with E-state index in [0.717, 1.165) is 15.9 Å². The molecule has 1 aromatic rings. The maximum atomic E-state index is 5.89. The van der Waals surface area contributed by atoms with Crippen LogP contribution in [-0.2, 0) is 5.41 Å². The fraction of sp³-hybridized carbons (Fsp3) is 0.455. The molecule has 0 aromatic heterocycles. The van der Waals surface area contributed by atoms with E-state index in [9.17, 15) is 0 Å². The predicted octanol–water partition coefficient (Wildman–Crippen LogP) is 3.73. The number of benzene rings is 1. The van der Waals surface area contributed by atoms with E-state index in [1.165, 1.54) is 5.56 Å². The molecule has 0 unspecified atom stereocenters. The molecule has 0 fully saturated rings. The first-order valence-corrected chi connectivity index (χ1v) is 5.80. The molecule has 0 heterocycles. The van der Waals surface area contributed by atoms with Crippen LogP contribution in [0.2, 0.25) is 5.02 Å². The maximum Gasteiger partial charge on any atom is 0.0417 e. The lowest BCUT2D eigenvalue weighted by Gasteiger charge is -2.25. The second kappa shape index (κ2) is 4.65. The molecule has 0 aliphatic carbocycles. The SMILES string of the molecule is CC(C)(CCN)c1ccc(Cl)cc1Br. The minimum atomic E-state index is 0.0954. The summed E-state index contributed by atoms with van der Waals surface area (Å²) < 4.78 is 1.06. The van der Waals surface area contributed by atoms with Gasteiger partial charge in [-0.3, -0.25) is 0 Å². The third kappa shape index (κ3) is 2.72. The van der Waals surface area contributed by atoms with E-state index in [-0.39, 0.29) is 5.41 Å². The molecule has 0 saturated carbocycles. The van der Waals surface area contributed by atoms with Crippen LogP contribution in [0.4, 0.5) is 0 Å². The fourth-order valence-corrected chi connectivity index (χ4v) is 2.75. The molecule has 0 amide bonds. The highest BCUT2D eigenvalue weighted by atomic mass is 79.9. The third-order valence-corrected chi connectivity index (χ3v) is 3.32. The Morgan fingerprint density at radius 2 is 2.07 bits per heavy atom. The quantitative estimate of drug-likeness (QED) is 0.894. The molecule has 0 atom stereocenters. The summed E-state index contributed by atoms with van der Waals surface area (Å²) in [7, 11) is 0. The van der Waals surface area contributed by atoms with E-state index in [4.69, 9.17) is 17.3 Å². The van der Waals surface area contributed by atoms with Crippen LogP contribution in [0.3, 0.4) is 0 Å². The highest BCUT2D eigenvalue weighted by Crippen LogP contribution is 2.33. The maximum absolute atomic E-state index is 5.89. The van der Waals surface area contributed by atoms with Crippen molar-refractivity contribution in [1.29, 1.82) is 0 Å². The number of hydrogen-bond acceptors (Lipinski definition) is 1. The second-order valence-corrected chi connectivity index (χ2v) is 5.34. The zero-order valence-corrected chi connectivity index (χ0v) is 10.8. The van der Waals surface area contributed by atoms with Gasteiger partial charge in [0, 0.05) is 9.50 Å². The highest BCUT2D eigenvalue weighted by Gasteiger charge is 2.21. The molecular weight excluding hydrogens is 261 g/mol. The van der Waals surface area contributed by atoms with Gasteiger partial charge in [0.05, 0.1) is 0 Å². The van der Waals surface area contributed by atoms with Crippen molar-refractivity contribution in [3.8, 4) is 0 Å². The lowest BCUT2D eigenvalue weighted by atomic mass is 9.82. The summed E-state index contributed by atoms with van der Waals surface area (Å²) in [5.41, 5.74) is 6.94. The molecule has 0 aliphatic rings. The number of nitrogens with two attached hydrogens (primary N) is 1. The molecule has 0 spiro atoms. The normalized spacial score (nSPS) is 11.8. The van der Waals surface area contributed by atoms with Crippen molar-refractivity contribution in [3.63, 3.8) is 0 Å². The van der Waals surface area contributed by atoms with Crippen molar-refractivity contribution in [1.82, 2.24) is 0 Å². The van der Waals surface area contributed by atoms with Crippen LogP contribution < -0.4 is 5.73 Å². The average Bonchev–Trinajstić information content (AvgIpc) is 2.02. The van der Waals surface area contributed by atoms with E-state index < -0.39 is 0 Å². The molecule has 1 nitrogen and oxygen atoms in total. The Morgan fingerprint density at radius 1 is 1.43 bits per heavy atom. The van der Waals surface area contributed by atoms with Gasteiger partial charge in [0.25, 0.3) is 0 Å². The monoisotopic (exact) mass is 275 g/mol. The summed E-state index contributed by atoms with van der Waals surface area (Å²) in [5.74, 6) is 0. The van der Waals surface area contributed by atoms with Crippen LogP contribution in [0.15, 0.2) is 22.7 Å². The van der Waals surface area contributed by atoms with Crippen LogP contribution in [0.25, 0.3) is 0 Å². The molecule has 14 heavy (non-hydrogen) atoms. The van der Waals surface area contributed by atoms with Crippen LogP contribution in [0, 0.1) is 0 Å². The topological polar surface area (TPSA) is 26.0 Å². The number of halogens is 2. The van der Waals surface area contributed by atoms with E-state index in [1.807, 2.05) is 12.1 Å². The van der Waals surface area contributed by atoms with Crippen molar-refractivity contribution < 1.29 is 0 Å². The van der Waals surface area contributed by atoms with Crippen molar-refractivity contribution in [3.05, 3.63) is 33.3 Å². The molecule has 0 radical (unpaired) electrons. The predicted molar refractivity (Wildman–Crippen MR) is 65.8 cm³/mol. The van der Waals surface area contributed by atoms with Gasteiger partial charge in [0.2, 0.25) is 0 Å². The smallest absolute Gasteiger partial charge is 0.0417 e. The summed E-state index contributed by atoms with van der Waals surface area (Å²) in [6.07, 6.45) is 0.966. The molecule has 2 N–H and O–H groups in total.